The Morgan fingerprint density at radius 2 is 1.33 bits per heavy atom. The molecule has 2 bridgehead atoms. The molecular formula is C27H35F5O4. The van der Waals surface area contributed by atoms with E-state index < -0.39 is 41.2 Å². The Hall–Kier alpha value is -1.45. The van der Waals surface area contributed by atoms with Crippen LogP contribution in [0.25, 0.3) is 0 Å². The summed E-state index contributed by atoms with van der Waals surface area (Å²) in [4.78, 5) is 0. The Balaban J connectivity index is 1.10. The van der Waals surface area contributed by atoms with Gasteiger partial charge in [0.15, 0.2) is 17.5 Å². The van der Waals surface area contributed by atoms with Gasteiger partial charge < -0.3 is 18.9 Å². The molecule has 0 spiro atoms. The molecule has 0 aromatic heterocycles. The van der Waals surface area contributed by atoms with Crippen LogP contribution in [0.5, 0.6) is 5.75 Å². The van der Waals surface area contributed by atoms with Crippen LogP contribution >= 0.6 is 0 Å². The average Bonchev–Trinajstić information content (AvgIpc) is 2.88. The Morgan fingerprint density at radius 1 is 0.833 bits per heavy atom. The van der Waals surface area contributed by atoms with Crippen LogP contribution < -0.4 is 4.74 Å². The largest absolute Gasteiger partial charge is 0.432 e. The maximum Gasteiger partial charge on any atom is 0.400 e. The van der Waals surface area contributed by atoms with Crippen molar-refractivity contribution in [2.75, 3.05) is 19.8 Å². The number of fused-ring (bicyclic) bond motifs is 3. The smallest absolute Gasteiger partial charge is 0.400 e. The highest BCUT2D eigenvalue weighted by Crippen LogP contribution is 2.51. The first-order valence-electron chi connectivity index (χ1n) is 13.3. The quantitative estimate of drug-likeness (QED) is 0.282. The van der Waals surface area contributed by atoms with Gasteiger partial charge in [-0.25, -0.2) is 13.2 Å². The molecule has 5 aliphatic rings. The number of benzene rings is 1. The highest BCUT2D eigenvalue weighted by atomic mass is 19.3. The van der Waals surface area contributed by atoms with Crippen molar-refractivity contribution in [3.63, 3.8) is 0 Å². The van der Waals surface area contributed by atoms with Gasteiger partial charge in [0.25, 0.3) is 5.97 Å². The number of hydrogen-bond donors (Lipinski definition) is 0. The van der Waals surface area contributed by atoms with E-state index in [1.807, 2.05) is 0 Å². The van der Waals surface area contributed by atoms with Crippen molar-refractivity contribution in [3.05, 3.63) is 29.6 Å². The number of halogens is 5. The Morgan fingerprint density at radius 3 is 1.83 bits per heavy atom. The minimum Gasteiger partial charge on any atom is -0.432 e. The number of rotatable bonds is 7. The van der Waals surface area contributed by atoms with E-state index in [0.717, 1.165) is 38.5 Å². The zero-order valence-corrected chi connectivity index (χ0v) is 20.7. The zero-order valence-electron chi connectivity index (χ0n) is 20.7. The van der Waals surface area contributed by atoms with E-state index in [2.05, 4.69) is 11.7 Å². The molecule has 0 amide bonds. The first kappa shape index (κ1) is 26.2. The first-order chi connectivity index (χ1) is 17.2. The molecule has 6 rings (SSSR count). The molecule has 3 heterocycles. The van der Waals surface area contributed by atoms with Crippen molar-refractivity contribution in [1.82, 2.24) is 0 Å². The molecule has 2 saturated carbocycles. The van der Waals surface area contributed by atoms with Gasteiger partial charge in [-0.05, 0) is 69.6 Å². The molecule has 0 radical (unpaired) electrons. The lowest BCUT2D eigenvalue weighted by atomic mass is 9.68. The van der Waals surface area contributed by atoms with E-state index in [9.17, 15) is 22.0 Å². The normalized spacial score (nSPS) is 37.2. The third-order valence-electron chi connectivity index (χ3n) is 8.92. The first-order valence-corrected chi connectivity index (χ1v) is 13.3. The lowest BCUT2D eigenvalue weighted by Crippen LogP contribution is -2.63. The van der Waals surface area contributed by atoms with Crippen molar-refractivity contribution in [1.29, 1.82) is 0 Å². The molecule has 3 saturated heterocycles. The lowest BCUT2D eigenvalue weighted by molar-refractivity contribution is -0.488. The average molecular weight is 519 g/mol. The molecule has 9 heteroatoms. The SMILES string of the molecule is CCCC12COC(C3CCC(C4CCC(C(F)(F)Oc5cc(F)c(F)c(F)c5)CC4)CC3)(OC1)OC2. The number of ether oxygens (including phenoxy) is 4. The van der Waals surface area contributed by atoms with E-state index in [0.29, 0.717) is 56.6 Å². The molecule has 202 valence electrons. The van der Waals surface area contributed by atoms with Gasteiger partial charge in [0.1, 0.15) is 5.75 Å². The predicted molar refractivity (Wildman–Crippen MR) is 121 cm³/mol. The maximum absolute atomic E-state index is 14.7. The summed E-state index contributed by atoms with van der Waals surface area (Å²) in [5.41, 5.74) is -0.0167. The van der Waals surface area contributed by atoms with Crippen LogP contribution in [0.15, 0.2) is 12.1 Å². The van der Waals surface area contributed by atoms with Crippen LogP contribution in [-0.4, -0.2) is 31.9 Å². The molecule has 1 aromatic carbocycles. The highest BCUT2D eigenvalue weighted by Gasteiger charge is 2.56. The van der Waals surface area contributed by atoms with E-state index in [4.69, 9.17) is 14.2 Å². The summed E-state index contributed by atoms with van der Waals surface area (Å²) < 4.78 is 92.5. The Bertz CT molecular complexity index is 877. The van der Waals surface area contributed by atoms with Gasteiger partial charge in [-0.3, -0.25) is 0 Å². The molecule has 4 nitrogen and oxygen atoms in total. The monoisotopic (exact) mass is 518 g/mol. The lowest BCUT2D eigenvalue weighted by Gasteiger charge is -2.55. The van der Waals surface area contributed by atoms with Gasteiger partial charge in [0, 0.05) is 23.5 Å². The standard InChI is InChI=1S/C27H35F5O4/c1-2-11-25-14-33-27(34-15-25,35-16-25)20-9-5-18(6-10-20)17-3-7-19(8-4-17)26(31,32)36-21-12-22(28)24(30)23(29)13-21/h12-13,17-20H,2-11,14-16H2,1H3. The highest BCUT2D eigenvalue weighted by molar-refractivity contribution is 5.25. The van der Waals surface area contributed by atoms with E-state index in [1.165, 1.54) is 0 Å². The topological polar surface area (TPSA) is 36.9 Å². The molecule has 0 N–H and O–H groups in total. The summed E-state index contributed by atoms with van der Waals surface area (Å²) in [6.45, 7) is 4.19. The van der Waals surface area contributed by atoms with Crippen LogP contribution in [-0.2, 0) is 14.2 Å². The van der Waals surface area contributed by atoms with Crippen LogP contribution in [0.2, 0.25) is 0 Å². The summed E-state index contributed by atoms with van der Waals surface area (Å²) in [6, 6.07) is 0.908. The van der Waals surface area contributed by atoms with Gasteiger partial charge >= 0.3 is 6.11 Å². The van der Waals surface area contributed by atoms with Crippen LogP contribution in [0.3, 0.4) is 0 Å². The van der Waals surface area contributed by atoms with E-state index >= 15 is 0 Å². The van der Waals surface area contributed by atoms with Gasteiger partial charge in [-0.15, -0.1) is 0 Å². The van der Waals surface area contributed by atoms with Gasteiger partial charge in [-0.1, -0.05) is 13.3 Å². The second kappa shape index (κ2) is 10.0. The van der Waals surface area contributed by atoms with Crippen molar-refractivity contribution < 1.29 is 40.9 Å². The van der Waals surface area contributed by atoms with Crippen LogP contribution in [0, 0.1) is 46.5 Å². The number of alkyl halides is 2. The molecular weight excluding hydrogens is 483 g/mol. The van der Waals surface area contributed by atoms with Crippen molar-refractivity contribution in [2.45, 2.75) is 83.2 Å². The molecule has 0 atom stereocenters. The summed E-state index contributed by atoms with van der Waals surface area (Å²) >= 11 is 0. The predicted octanol–water partition coefficient (Wildman–Crippen LogP) is 7.21. The maximum atomic E-state index is 14.7. The summed E-state index contributed by atoms with van der Waals surface area (Å²) in [7, 11) is 0. The van der Waals surface area contributed by atoms with Gasteiger partial charge in [-0.2, -0.15) is 8.78 Å². The van der Waals surface area contributed by atoms with E-state index in [-0.39, 0.29) is 24.2 Å². The minimum atomic E-state index is -3.58. The second-order valence-electron chi connectivity index (χ2n) is 11.3. The molecule has 2 aliphatic carbocycles. The Kier molecular flexibility index (Phi) is 7.29. The molecule has 0 unspecified atom stereocenters. The number of hydrogen-bond acceptors (Lipinski definition) is 4. The Labute approximate surface area is 208 Å². The van der Waals surface area contributed by atoms with Crippen LogP contribution in [0.4, 0.5) is 22.0 Å². The van der Waals surface area contributed by atoms with E-state index in [1.54, 1.807) is 0 Å². The van der Waals surface area contributed by atoms with Crippen molar-refractivity contribution >= 4 is 0 Å². The minimum absolute atomic E-state index is 0.0167. The molecule has 3 aliphatic heterocycles. The zero-order chi connectivity index (χ0) is 25.6. The molecule has 36 heavy (non-hydrogen) atoms. The summed E-state index contributed by atoms with van der Waals surface area (Å²) in [5, 5.41) is 0. The van der Waals surface area contributed by atoms with Crippen molar-refractivity contribution in [3.8, 4) is 5.75 Å². The van der Waals surface area contributed by atoms with Gasteiger partial charge in [0.05, 0.1) is 25.7 Å². The summed E-state index contributed by atoms with van der Waals surface area (Å²) in [5.74, 6) is -6.50. The molecule has 1 aromatic rings. The van der Waals surface area contributed by atoms with Gasteiger partial charge in [0.2, 0.25) is 0 Å². The summed E-state index contributed by atoms with van der Waals surface area (Å²) in [6.07, 6.45) is 4.16. The third kappa shape index (κ3) is 4.99. The second-order valence-corrected chi connectivity index (χ2v) is 11.3. The van der Waals surface area contributed by atoms with Crippen LogP contribution in [0.1, 0.15) is 71.1 Å². The fourth-order valence-electron chi connectivity index (χ4n) is 6.81. The fourth-order valence-corrected chi connectivity index (χ4v) is 6.81. The van der Waals surface area contributed by atoms with Crippen molar-refractivity contribution in [2.24, 2.45) is 29.1 Å². The third-order valence-corrected chi connectivity index (χ3v) is 8.92. The molecule has 5 fully saturated rings. The fraction of sp³-hybridized carbons (Fsp3) is 0.778.